The van der Waals surface area contributed by atoms with Crippen molar-refractivity contribution >= 4 is 17.5 Å². The molecule has 1 atom stereocenters. The van der Waals surface area contributed by atoms with Crippen molar-refractivity contribution in [2.75, 3.05) is 0 Å². The molecule has 0 saturated carbocycles. The Balaban J connectivity index is 1.93. The molecule has 0 saturated heterocycles. The van der Waals surface area contributed by atoms with Gasteiger partial charge in [0.1, 0.15) is 5.69 Å². The summed E-state index contributed by atoms with van der Waals surface area (Å²) in [4.78, 5) is 12.4. The Morgan fingerprint density at radius 1 is 0.958 bits per heavy atom. The van der Waals surface area contributed by atoms with Crippen LogP contribution in [0.15, 0.2) is 75.7 Å². The fourth-order valence-electron chi connectivity index (χ4n) is 2.60. The lowest BCUT2D eigenvalue weighted by molar-refractivity contribution is 0.624. The molecule has 0 fully saturated rings. The first kappa shape index (κ1) is 14.8. The highest BCUT2D eigenvalue weighted by Crippen LogP contribution is 2.39. The molecule has 0 amide bonds. The zero-order chi connectivity index (χ0) is 16.5. The number of hydrogen-bond acceptors (Lipinski definition) is 5. The lowest BCUT2D eigenvalue weighted by Gasteiger charge is -2.24. The summed E-state index contributed by atoms with van der Waals surface area (Å²) in [6.07, 6.45) is 0. The van der Waals surface area contributed by atoms with E-state index in [1.165, 1.54) is 16.4 Å². The third-order valence-electron chi connectivity index (χ3n) is 3.82. The molecular weight excluding hydrogens is 320 g/mol. The van der Waals surface area contributed by atoms with E-state index in [9.17, 15) is 4.79 Å². The van der Waals surface area contributed by atoms with Gasteiger partial charge in [0.2, 0.25) is 5.16 Å². The number of benzene rings is 2. The van der Waals surface area contributed by atoms with E-state index in [2.05, 4.69) is 27.4 Å². The molecule has 1 unspecified atom stereocenters. The molecule has 118 valence electrons. The van der Waals surface area contributed by atoms with Crippen LogP contribution in [0, 0.1) is 6.92 Å². The van der Waals surface area contributed by atoms with Crippen LogP contribution in [0.3, 0.4) is 0 Å². The molecule has 0 aliphatic carbocycles. The topological polar surface area (TPSA) is 60.1 Å². The summed E-state index contributed by atoms with van der Waals surface area (Å²) in [5.41, 5.74) is 3.06. The van der Waals surface area contributed by atoms with Crippen molar-refractivity contribution in [3.05, 3.63) is 87.8 Å². The van der Waals surface area contributed by atoms with E-state index >= 15 is 0 Å². The van der Waals surface area contributed by atoms with Gasteiger partial charge in [-0.25, -0.2) is 0 Å². The second-order valence-corrected chi connectivity index (χ2v) is 6.52. The zero-order valence-electron chi connectivity index (χ0n) is 13.0. The van der Waals surface area contributed by atoms with Crippen LogP contribution in [0.1, 0.15) is 22.1 Å². The highest BCUT2D eigenvalue weighted by molar-refractivity contribution is 8.00. The van der Waals surface area contributed by atoms with Crippen LogP contribution in [0.4, 0.5) is 0 Å². The highest BCUT2D eigenvalue weighted by atomic mass is 32.2. The van der Waals surface area contributed by atoms with Crippen LogP contribution < -0.4 is 5.56 Å². The number of thioether (sulfide) groups is 1. The summed E-state index contributed by atoms with van der Waals surface area (Å²) in [6, 6.07) is 20.0. The Bertz CT molecular complexity index is 967. The van der Waals surface area contributed by atoms with Crippen molar-refractivity contribution in [3.63, 3.8) is 0 Å². The predicted octanol–water partition coefficient (Wildman–Crippen LogP) is 3.05. The van der Waals surface area contributed by atoms with Crippen molar-refractivity contribution in [1.82, 2.24) is 14.9 Å². The molecule has 0 spiro atoms. The molecule has 1 aliphatic heterocycles. The maximum atomic E-state index is 12.4. The van der Waals surface area contributed by atoms with Gasteiger partial charge in [-0.05, 0) is 18.1 Å². The summed E-state index contributed by atoms with van der Waals surface area (Å²) in [5, 5.41) is 13.2. The standard InChI is InChI=1S/C18H14N4OS/c1-12-17(23)22-18(20-19-12)24-16(14-10-6-3-7-11-14)15(21-22)13-8-4-2-5-9-13/h2-11,16H,1H3. The van der Waals surface area contributed by atoms with Gasteiger partial charge in [-0.1, -0.05) is 72.4 Å². The fourth-order valence-corrected chi connectivity index (χ4v) is 3.71. The molecule has 1 aromatic heterocycles. The maximum absolute atomic E-state index is 12.4. The molecule has 0 N–H and O–H groups in total. The Hall–Kier alpha value is -2.73. The SMILES string of the molecule is Cc1nnc2n(c1=O)N=C(c1ccccc1)C(c1ccccc1)S2. The lowest BCUT2D eigenvalue weighted by Crippen LogP contribution is -2.29. The molecule has 2 aromatic carbocycles. The van der Waals surface area contributed by atoms with E-state index in [-0.39, 0.29) is 10.8 Å². The van der Waals surface area contributed by atoms with E-state index in [0.717, 1.165) is 16.8 Å². The average molecular weight is 334 g/mol. The molecule has 2 heterocycles. The third kappa shape index (κ3) is 2.55. The summed E-state index contributed by atoms with van der Waals surface area (Å²) in [7, 11) is 0. The number of nitrogens with zero attached hydrogens (tertiary/aromatic N) is 4. The van der Waals surface area contributed by atoms with Crippen LogP contribution in [0.2, 0.25) is 0 Å². The first-order chi connectivity index (χ1) is 11.7. The molecular formula is C18H14N4OS. The van der Waals surface area contributed by atoms with E-state index in [1.807, 2.05) is 48.5 Å². The van der Waals surface area contributed by atoms with E-state index in [4.69, 9.17) is 0 Å². The van der Waals surface area contributed by atoms with Gasteiger partial charge in [-0.3, -0.25) is 4.79 Å². The highest BCUT2D eigenvalue weighted by Gasteiger charge is 2.29. The fraction of sp³-hybridized carbons (Fsp3) is 0.111. The van der Waals surface area contributed by atoms with Gasteiger partial charge in [-0.2, -0.15) is 9.78 Å². The molecule has 3 aromatic rings. The van der Waals surface area contributed by atoms with Gasteiger partial charge in [0, 0.05) is 0 Å². The van der Waals surface area contributed by atoms with Crippen LogP contribution >= 0.6 is 11.8 Å². The van der Waals surface area contributed by atoms with Gasteiger partial charge in [-0.15, -0.1) is 10.2 Å². The minimum absolute atomic E-state index is 0.0370. The quantitative estimate of drug-likeness (QED) is 0.723. The molecule has 0 radical (unpaired) electrons. The second-order valence-electron chi connectivity index (χ2n) is 5.44. The number of aromatic nitrogens is 3. The summed E-state index contributed by atoms with van der Waals surface area (Å²) in [6.45, 7) is 1.65. The smallest absolute Gasteiger partial charge is 0.265 e. The van der Waals surface area contributed by atoms with Crippen molar-refractivity contribution in [2.24, 2.45) is 5.10 Å². The van der Waals surface area contributed by atoms with Gasteiger partial charge < -0.3 is 0 Å². The Morgan fingerprint density at radius 3 is 2.33 bits per heavy atom. The maximum Gasteiger partial charge on any atom is 0.296 e. The Kier molecular flexibility index (Phi) is 3.74. The van der Waals surface area contributed by atoms with Crippen LogP contribution in [0.5, 0.6) is 0 Å². The zero-order valence-corrected chi connectivity index (χ0v) is 13.8. The summed E-state index contributed by atoms with van der Waals surface area (Å²) >= 11 is 1.49. The number of fused-ring (bicyclic) bond motifs is 1. The minimum atomic E-state index is -0.229. The van der Waals surface area contributed by atoms with Crippen molar-refractivity contribution in [1.29, 1.82) is 0 Å². The monoisotopic (exact) mass is 334 g/mol. The van der Waals surface area contributed by atoms with Gasteiger partial charge in [0.25, 0.3) is 5.56 Å². The Morgan fingerprint density at radius 2 is 1.62 bits per heavy atom. The van der Waals surface area contributed by atoms with Crippen molar-refractivity contribution in [2.45, 2.75) is 17.3 Å². The first-order valence-corrected chi connectivity index (χ1v) is 8.44. The molecule has 24 heavy (non-hydrogen) atoms. The number of aryl methyl sites for hydroxylation is 1. The van der Waals surface area contributed by atoms with Gasteiger partial charge in [0.15, 0.2) is 0 Å². The van der Waals surface area contributed by atoms with E-state index in [1.54, 1.807) is 6.92 Å². The Labute approximate surface area is 143 Å². The molecule has 1 aliphatic rings. The first-order valence-electron chi connectivity index (χ1n) is 7.56. The summed E-state index contributed by atoms with van der Waals surface area (Å²) < 4.78 is 1.36. The van der Waals surface area contributed by atoms with Crippen molar-refractivity contribution < 1.29 is 0 Å². The lowest BCUT2D eigenvalue weighted by atomic mass is 10.0. The van der Waals surface area contributed by atoms with Crippen LogP contribution in [0.25, 0.3) is 0 Å². The van der Waals surface area contributed by atoms with Crippen molar-refractivity contribution in [3.8, 4) is 0 Å². The second kappa shape index (κ2) is 6.05. The van der Waals surface area contributed by atoms with Gasteiger partial charge in [0.05, 0.1) is 11.0 Å². The van der Waals surface area contributed by atoms with Crippen LogP contribution in [-0.2, 0) is 0 Å². The normalized spacial score (nSPS) is 16.4. The minimum Gasteiger partial charge on any atom is -0.265 e. The van der Waals surface area contributed by atoms with E-state index in [0.29, 0.717) is 10.9 Å². The molecule has 6 heteroatoms. The van der Waals surface area contributed by atoms with E-state index < -0.39 is 0 Å². The summed E-state index contributed by atoms with van der Waals surface area (Å²) in [5.74, 6) is 0. The molecule has 5 nitrogen and oxygen atoms in total. The average Bonchev–Trinajstić information content (AvgIpc) is 2.65. The third-order valence-corrected chi connectivity index (χ3v) is 5.02. The molecule has 4 rings (SSSR count). The molecule has 0 bridgehead atoms. The number of rotatable bonds is 2. The largest absolute Gasteiger partial charge is 0.296 e. The number of hydrogen-bond donors (Lipinski definition) is 0. The predicted molar refractivity (Wildman–Crippen MR) is 94.4 cm³/mol. The van der Waals surface area contributed by atoms with Crippen LogP contribution in [-0.4, -0.2) is 20.6 Å². The van der Waals surface area contributed by atoms with Gasteiger partial charge >= 0.3 is 0 Å².